The SMILES string of the molecule is O=C(Nc1ccc(F)c(F)c1)C1CC(=O)N(CCc2ccc(F)cc2)C1. The minimum atomic E-state index is -1.05. The summed E-state index contributed by atoms with van der Waals surface area (Å²) in [4.78, 5) is 25.9. The zero-order chi connectivity index (χ0) is 18.7. The maximum absolute atomic E-state index is 13.2. The summed E-state index contributed by atoms with van der Waals surface area (Å²) >= 11 is 0. The average Bonchev–Trinajstić information content (AvgIpc) is 2.99. The van der Waals surface area contributed by atoms with Crippen LogP contribution in [0.3, 0.4) is 0 Å². The number of hydrogen-bond donors (Lipinski definition) is 1. The van der Waals surface area contributed by atoms with E-state index in [1.165, 1.54) is 18.2 Å². The van der Waals surface area contributed by atoms with Gasteiger partial charge in [0.2, 0.25) is 11.8 Å². The summed E-state index contributed by atoms with van der Waals surface area (Å²) in [6, 6.07) is 9.13. The van der Waals surface area contributed by atoms with Crippen LogP contribution in [-0.4, -0.2) is 29.8 Å². The van der Waals surface area contributed by atoms with Crippen LogP contribution in [0.4, 0.5) is 18.9 Å². The molecular weight excluding hydrogens is 345 g/mol. The lowest BCUT2D eigenvalue weighted by molar-refractivity contribution is -0.128. The van der Waals surface area contributed by atoms with Crippen molar-refractivity contribution in [2.75, 3.05) is 18.4 Å². The van der Waals surface area contributed by atoms with Crippen molar-refractivity contribution in [1.29, 1.82) is 0 Å². The predicted octanol–water partition coefficient (Wildman–Crippen LogP) is 3.13. The Morgan fingerprint density at radius 1 is 1.08 bits per heavy atom. The van der Waals surface area contributed by atoms with E-state index >= 15 is 0 Å². The number of halogens is 3. The summed E-state index contributed by atoms with van der Waals surface area (Å²) in [6.07, 6.45) is 0.627. The molecule has 0 radical (unpaired) electrons. The van der Waals surface area contributed by atoms with Gasteiger partial charge in [-0.25, -0.2) is 13.2 Å². The third-order valence-electron chi connectivity index (χ3n) is 4.36. The van der Waals surface area contributed by atoms with E-state index in [0.717, 1.165) is 17.7 Å². The Bertz CT molecular complexity index is 824. The summed E-state index contributed by atoms with van der Waals surface area (Å²) < 4.78 is 39.0. The van der Waals surface area contributed by atoms with Crippen molar-refractivity contribution in [3.63, 3.8) is 0 Å². The van der Waals surface area contributed by atoms with Gasteiger partial charge in [0.1, 0.15) is 5.82 Å². The van der Waals surface area contributed by atoms with Crippen molar-refractivity contribution in [3.05, 3.63) is 65.5 Å². The number of benzene rings is 2. The smallest absolute Gasteiger partial charge is 0.229 e. The Morgan fingerprint density at radius 2 is 1.81 bits per heavy atom. The molecule has 1 heterocycles. The lowest BCUT2D eigenvalue weighted by Gasteiger charge is -2.16. The van der Waals surface area contributed by atoms with Crippen molar-refractivity contribution in [1.82, 2.24) is 4.90 Å². The quantitative estimate of drug-likeness (QED) is 0.888. The number of anilines is 1. The Hall–Kier alpha value is -2.83. The van der Waals surface area contributed by atoms with Gasteiger partial charge >= 0.3 is 0 Å². The van der Waals surface area contributed by atoms with E-state index in [1.54, 1.807) is 17.0 Å². The first-order chi connectivity index (χ1) is 12.4. The molecule has 2 aromatic rings. The summed E-state index contributed by atoms with van der Waals surface area (Å²) in [5.41, 5.74) is 1.04. The Balaban J connectivity index is 1.55. The van der Waals surface area contributed by atoms with Crippen LogP contribution in [0.5, 0.6) is 0 Å². The van der Waals surface area contributed by atoms with Gasteiger partial charge in [-0.3, -0.25) is 9.59 Å². The Kier molecular flexibility index (Phi) is 5.25. The summed E-state index contributed by atoms with van der Waals surface area (Å²) in [5.74, 6) is -3.47. The largest absolute Gasteiger partial charge is 0.342 e. The molecule has 136 valence electrons. The van der Waals surface area contributed by atoms with Crippen LogP contribution >= 0.6 is 0 Å². The summed E-state index contributed by atoms with van der Waals surface area (Å²) in [7, 11) is 0. The molecule has 2 aromatic carbocycles. The summed E-state index contributed by atoms with van der Waals surface area (Å²) in [6.45, 7) is 0.689. The van der Waals surface area contributed by atoms with Crippen LogP contribution in [0.2, 0.25) is 0 Å². The maximum Gasteiger partial charge on any atom is 0.229 e. The van der Waals surface area contributed by atoms with Gasteiger partial charge in [-0.15, -0.1) is 0 Å². The van der Waals surface area contributed by atoms with Crippen molar-refractivity contribution >= 4 is 17.5 Å². The fraction of sp³-hybridized carbons (Fsp3) is 0.263. The van der Waals surface area contributed by atoms with Crippen LogP contribution in [0, 0.1) is 23.4 Å². The van der Waals surface area contributed by atoms with Gasteiger partial charge < -0.3 is 10.2 Å². The van der Waals surface area contributed by atoms with Crippen LogP contribution < -0.4 is 5.32 Å². The van der Waals surface area contributed by atoms with Gasteiger partial charge in [0.15, 0.2) is 11.6 Å². The van der Waals surface area contributed by atoms with Crippen LogP contribution in [0.15, 0.2) is 42.5 Å². The molecule has 1 N–H and O–H groups in total. The number of carbonyl (C=O) groups excluding carboxylic acids is 2. The first-order valence-electron chi connectivity index (χ1n) is 8.20. The standard InChI is InChI=1S/C19H17F3N2O2/c20-14-3-1-12(2-4-14)7-8-24-11-13(9-18(24)25)19(26)23-15-5-6-16(21)17(22)10-15/h1-6,10,13H,7-9,11H2,(H,23,26). The summed E-state index contributed by atoms with van der Waals surface area (Å²) in [5, 5.41) is 2.51. The second-order valence-electron chi connectivity index (χ2n) is 6.24. The monoisotopic (exact) mass is 362 g/mol. The molecule has 0 bridgehead atoms. The van der Waals surface area contributed by atoms with Crippen molar-refractivity contribution in [2.24, 2.45) is 5.92 Å². The van der Waals surface area contributed by atoms with Crippen LogP contribution in [0.1, 0.15) is 12.0 Å². The van der Waals surface area contributed by atoms with Gasteiger partial charge in [-0.1, -0.05) is 12.1 Å². The molecule has 7 heteroatoms. The van der Waals surface area contributed by atoms with Crippen molar-refractivity contribution < 1.29 is 22.8 Å². The topological polar surface area (TPSA) is 49.4 Å². The molecule has 0 saturated carbocycles. The average molecular weight is 362 g/mol. The molecule has 1 atom stereocenters. The number of nitrogens with one attached hydrogen (secondary N) is 1. The molecule has 4 nitrogen and oxygen atoms in total. The van der Waals surface area contributed by atoms with Gasteiger partial charge in [-0.05, 0) is 36.2 Å². The van der Waals surface area contributed by atoms with E-state index in [1.807, 2.05) is 0 Å². The maximum atomic E-state index is 13.2. The number of nitrogens with zero attached hydrogens (tertiary/aromatic N) is 1. The fourth-order valence-electron chi connectivity index (χ4n) is 2.90. The number of amides is 2. The van der Waals surface area contributed by atoms with E-state index in [4.69, 9.17) is 0 Å². The second-order valence-corrected chi connectivity index (χ2v) is 6.24. The number of rotatable bonds is 5. The molecule has 0 aliphatic carbocycles. The van der Waals surface area contributed by atoms with Gasteiger partial charge in [0.05, 0.1) is 5.92 Å². The van der Waals surface area contributed by atoms with Gasteiger partial charge in [0, 0.05) is 31.3 Å². The highest BCUT2D eigenvalue weighted by atomic mass is 19.2. The highest BCUT2D eigenvalue weighted by Crippen LogP contribution is 2.21. The third kappa shape index (κ3) is 4.22. The molecule has 2 amide bonds. The molecule has 1 unspecified atom stereocenters. The molecule has 1 saturated heterocycles. The fourth-order valence-corrected chi connectivity index (χ4v) is 2.90. The minimum Gasteiger partial charge on any atom is -0.342 e. The van der Waals surface area contributed by atoms with Crippen molar-refractivity contribution in [2.45, 2.75) is 12.8 Å². The van der Waals surface area contributed by atoms with Gasteiger partial charge in [-0.2, -0.15) is 0 Å². The normalized spacial score (nSPS) is 16.8. The highest BCUT2D eigenvalue weighted by molar-refractivity contribution is 5.97. The van der Waals surface area contributed by atoms with E-state index in [-0.39, 0.29) is 30.4 Å². The molecule has 0 aromatic heterocycles. The van der Waals surface area contributed by atoms with Crippen molar-refractivity contribution in [3.8, 4) is 0 Å². The molecule has 1 fully saturated rings. The highest BCUT2D eigenvalue weighted by Gasteiger charge is 2.34. The Morgan fingerprint density at radius 3 is 2.50 bits per heavy atom. The van der Waals surface area contributed by atoms with Crippen LogP contribution in [0.25, 0.3) is 0 Å². The van der Waals surface area contributed by atoms with Crippen LogP contribution in [-0.2, 0) is 16.0 Å². The molecule has 0 spiro atoms. The first kappa shape index (κ1) is 18.0. The van der Waals surface area contributed by atoms with E-state index < -0.39 is 23.5 Å². The predicted molar refractivity (Wildman–Crippen MR) is 89.8 cm³/mol. The number of carbonyl (C=O) groups is 2. The molecule has 1 aliphatic rings. The van der Waals surface area contributed by atoms with E-state index in [9.17, 15) is 22.8 Å². The molecule has 26 heavy (non-hydrogen) atoms. The molecule has 1 aliphatic heterocycles. The van der Waals surface area contributed by atoms with E-state index in [0.29, 0.717) is 13.0 Å². The number of likely N-dealkylation sites (tertiary alicyclic amines) is 1. The minimum absolute atomic E-state index is 0.0684. The molecule has 3 rings (SSSR count). The zero-order valence-electron chi connectivity index (χ0n) is 13.8. The lowest BCUT2D eigenvalue weighted by Crippen LogP contribution is -2.30. The molecular formula is C19H17F3N2O2. The van der Waals surface area contributed by atoms with E-state index in [2.05, 4.69) is 5.32 Å². The second kappa shape index (κ2) is 7.59. The zero-order valence-corrected chi connectivity index (χ0v) is 13.8. The lowest BCUT2D eigenvalue weighted by atomic mass is 10.1. The Labute approximate surface area is 148 Å². The first-order valence-corrected chi connectivity index (χ1v) is 8.20. The van der Waals surface area contributed by atoms with Gasteiger partial charge in [0.25, 0.3) is 0 Å². The third-order valence-corrected chi connectivity index (χ3v) is 4.36. The number of hydrogen-bond acceptors (Lipinski definition) is 2.